The molecular weight excluding hydrogens is 422 g/mol. The Kier molecular flexibility index (Phi) is 6.08. The summed E-state index contributed by atoms with van der Waals surface area (Å²) >= 11 is 0. The van der Waals surface area contributed by atoms with Crippen molar-refractivity contribution in [2.45, 2.75) is 12.6 Å². The maximum absolute atomic E-state index is 13.1. The number of ketones is 1. The number of aromatic nitrogens is 1. The molecule has 2 heterocycles. The van der Waals surface area contributed by atoms with Crippen LogP contribution >= 0.6 is 0 Å². The van der Waals surface area contributed by atoms with Crippen LogP contribution in [0.4, 0.5) is 5.69 Å². The van der Waals surface area contributed by atoms with Gasteiger partial charge >= 0.3 is 0 Å². The molecule has 0 bridgehead atoms. The van der Waals surface area contributed by atoms with E-state index in [9.17, 15) is 24.8 Å². The van der Waals surface area contributed by atoms with Crippen molar-refractivity contribution in [2.75, 3.05) is 0 Å². The molecule has 1 aromatic heterocycles. The minimum absolute atomic E-state index is 0.0788. The number of nitro benzene ring substituents is 1. The topological polar surface area (TPSA) is 114 Å². The van der Waals surface area contributed by atoms with E-state index >= 15 is 0 Å². The van der Waals surface area contributed by atoms with Gasteiger partial charge in [-0.2, -0.15) is 0 Å². The number of carbonyl (C=O) groups is 2. The highest BCUT2D eigenvalue weighted by Gasteiger charge is 2.43. The summed E-state index contributed by atoms with van der Waals surface area (Å²) < 4.78 is 0. The molecule has 0 aliphatic carbocycles. The quantitative estimate of drug-likeness (QED) is 0.334. The number of amides is 1. The Bertz CT molecular complexity index is 1250. The number of nitrogens with zero attached hydrogens (tertiary/aromatic N) is 3. The van der Waals surface area contributed by atoms with Crippen LogP contribution in [0.1, 0.15) is 22.7 Å². The molecule has 1 atom stereocenters. The van der Waals surface area contributed by atoms with Gasteiger partial charge in [0.2, 0.25) is 0 Å². The minimum Gasteiger partial charge on any atom is -0.503 e. The van der Waals surface area contributed by atoms with Crippen LogP contribution < -0.4 is 0 Å². The zero-order chi connectivity index (χ0) is 23.4. The van der Waals surface area contributed by atoms with Crippen molar-refractivity contribution in [3.8, 4) is 0 Å². The Labute approximate surface area is 189 Å². The van der Waals surface area contributed by atoms with E-state index in [1.807, 2.05) is 30.3 Å². The summed E-state index contributed by atoms with van der Waals surface area (Å²) in [7, 11) is 0. The largest absolute Gasteiger partial charge is 0.503 e. The van der Waals surface area contributed by atoms with Crippen LogP contribution in [0.3, 0.4) is 0 Å². The molecule has 0 fully saturated rings. The first-order valence-corrected chi connectivity index (χ1v) is 10.1. The number of nitro groups is 1. The lowest BCUT2D eigenvalue weighted by atomic mass is 9.95. The number of benzene rings is 2. The normalized spacial score (nSPS) is 15.9. The molecule has 0 saturated heterocycles. The summed E-state index contributed by atoms with van der Waals surface area (Å²) in [6, 6.07) is 17.3. The van der Waals surface area contributed by atoms with Gasteiger partial charge in [0.15, 0.2) is 11.5 Å². The summed E-state index contributed by atoms with van der Waals surface area (Å²) in [6.07, 6.45) is 6.10. The zero-order valence-corrected chi connectivity index (χ0v) is 17.4. The fourth-order valence-electron chi connectivity index (χ4n) is 3.71. The van der Waals surface area contributed by atoms with Gasteiger partial charge in [-0.1, -0.05) is 42.5 Å². The number of aliphatic hydroxyl groups excluding tert-OH is 1. The summed E-state index contributed by atoms with van der Waals surface area (Å²) in [4.78, 5) is 42.0. The van der Waals surface area contributed by atoms with Gasteiger partial charge in [0, 0.05) is 31.1 Å². The van der Waals surface area contributed by atoms with Crippen LogP contribution in [0.2, 0.25) is 0 Å². The number of hydrogen-bond acceptors (Lipinski definition) is 6. The van der Waals surface area contributed by atoms with Gasteiger partial charge in [-0.3, -0.25) is 24.7 Å². The molecule has 2 aromatic carbocycles. The predicted octanol–water partition coefficient (Wildman–Crippen LogP) is 4.17. The molecular formula is C25H19N3O5. The van der Waals surface area contributed by atoms with Gasteiger partial charge in [0.1, 0.15) is 0 Å². The maximum atomic E-state index is 13.1. The molecule has 1 N–H and O–H groups in total. The van der Waals surface area contributed by atoms with Crippen LogP contribution in [-0.4, -0.2) is 31.6 Å². The fraction of sp³-hybridized carbons (Fsp3) is 0.0800. The van der Waals surface area contributed by atoms with Crippen LogP contribution in [0, 0.1) is 10.1 Å². The molecule has 33 heavy (non-hydrogen) atoms. The van der Waals surface area contributed by atoms with Gasteiger partial charge in [-0.25, -0.2) is 0 Å². The van der Waals surface area contributed by atoms with E-state index in [-0.39, 0.29) is 17.8 Å². The van der Waals surface area contributed by atoms with Crippen molar-refractivity contribution in [1.29, 1.82) is 0 Å². The fourth-order valence-corrected chi connectivity index (χ4v) is 3.71. The second-order valence-corrected chi connectivity index (χ2v) is 7.42. The van der Waals surface area contributed by atoms with E-state index in [4.69, 9.17) is 0 Å². The first-order chi connectivity index (χ1) is 16.0. The SMILES string of the molecule is O=C(C=Cc1ccccc1)C1=C(O)C(=O)N(Cc2cccnc2)C1c1ccc([N+](=O)[O-])cc1. The lowest BCUT2D eigenvalue weighted by Crippen LogP contribution is -2.30. The van der Waals surface area contributed by atoms with E-state index in [2.05, 4.69) is 4.98 Å². The number of aliphatic hydroxyl groups is 1. The Hall–Kier alpha value is -4.59. The maximum Gasteiger partial charge on any atom is 0.290 e. The lowest BCUT2D eigenvalue weighted by Gasteiger charge is -2.26. The van der Waals surface area contributed by atoms with E-state index in [1.165, 1.54) is 35.2 Å². The third kappa shape index (κ3) is 4.54. The number of pyridine rings is 1. The second kappa shape index (κ2) is 9.27. The molecule has 8 nitrogen and oxygen atoms in total. The van der Waals surface area contributed by atoms with Crippen LogP contribution in [0.25, 0.3) is 6.08 Å². The molecule has 0 spiro atoms. The first kappa shape index (κ1) is 21.6. The van der Waals surface area contributed by atoms with Gasteiger partial charge in [0.05, 0.1) is 16.5 Å². The third-order valence-corrected chi connectivity index (χ3v) is 5.29. The Morgan fingerprint density at radius 2 is 1.82 bits per heavy atom. The van der Waals surface area contributed by atoms with Crippen molar-refractivity contribution in [2.24, 2.45) is 0 Å². The summed E-state index contributed by atoms with van der Waals surface area (Å²) in [6.45, 7) is 0.0948. The molecule has 1 unspecified atom stereocenters. The van der Waals surface area contributed by atoms with Crippen molar-refractivity contribution in [3.63, 3.8) is 0 Å². The highest BCUT2D eigenvalue weighted by atomic mass is 16.6. The monoisotopic (exact) mass is 441 g/mol. The number of hydrogen-bond donors (Lipinski definition) is 1. The van der Waals surface area contributed by atoms with E-state index < -0.39 is 28.4 Å². The molecule has 1 amide bonds. The van der Waals surface area contributed by atoms with E-state index in [1.54, 1.807) is 30.6 Å². The van der Waals surface area contributed by atoms with Crippen LogP contribution in [0.15, 0.2) is 96.5 Å². The molecule has 4 rings (SSSR count). The molecule has 164 valence electrons. The van der Waals surface area contributed by atoms with Gasteiger partial charge < -0.3 is 10.0 Å². The third-order valence-electron chi connectivity index (χ3n) is 5.29. The van der Waals surface area contributed by atoms with Gasteiger partial charge in [-0.15, -0.1) is 0 Å². The highest BCUT2D eigenvalue weighted by molar-refractivity contribution is 6.14. The zero-order valence-electron chi connectivity index (χ0n) is 17.4. The number of non-ortho nitro benzene ring substituents is 1. The van der Waals surface area contributed by atoms with E-state index in [0.29, 0.717) is 11.1 Å². The smallest absolute Gasteiger partial charge is 0.290 e. The van der Waals surface area contributed by atoms with Crippen molar-refractivity contribution in [3.05, 3.63) is 123 Å². The Morgan fingerprint density at radius 3 is 2.45 bits per heavy atom. The molecule has 1 aliphatic rings. The molecule has 0 radical (unpaired) electrons. The number of carbonyl (C=O) groups excluding carboxylic acids is 2. The molecule has 8 heteroatoms. The van der Waals surface area contributed by atoms with Crippen LogP contribution in [0.5, 0.6) is 0 Å². The Balaban J connectivity index is 1.73. The molecule has 3 aromatic rings. The number of allylic oxidation sites excluding steroid dienone is 1. The van der Waals surface area contributed by atoms with Crippen molar-refractivity contribution >= 4 is 23.5 Å². The second-order valence-electron chi connectivity index (χ2n) is 7.42. The van der Waals surface area contributed by atoms with E-state index in [0.717, 1.165) is 5.56 Å². The Morgan fingerprint density at radius 1 is 1.09 bits per heavy atom. The average Bonchev–Trinajstić information content (AvgIpc) is 3.09. The molecule has 0 saturated carbocycles. The molecule has 1 aliphatic heterocycles. The minimum atomic E-state index is -0.911. The lowest BCUT2D eigenvalue weighted by molar-refractivity contribution is -0.384. The first-order valence-electron chi connectivity index (χ1n) is 10.1. The summed E-state index contributed by atoms with van der Waals surface area (Å²) in [5.41, 5.74) is 1.77. The summed E-state index contributed by atoms with van der Waals surface area (Å²) in [5, 5.41) is 21.7. The van der Waals surface area contributed by atoms with Crippen molar-refractivity contribution in [1.82, 2.24) is 9.88 Å². The predicted molar refractivity (Wildman–Crippen MR) is 121 cm³/mol. The van der Waals surface area contributed by atoms with Crippen LogP contribution in [-0.2, 0) is 16.1 Å². The average molecular weight is 441 g/mol. The number of rotatable bonds is 7. The van der Waals surface area contributed by atoms with Gasteiger partial charge in [-0.05, 0) is 41.0 Å². The highest BCUT2D eigenvalue weighted by Crippen LogP contribution is 2.39. The summed E-state index contributed by atoms with van der Waals surface area (Å²) in [5.74, 6) is -1.86. The standard InChI is InChI=1S/C25H19N3O5/c29-21(13-8-17-5-2-1-3-6-17)22-23(19-9-11-20(12-10-19)28(32)33)27(25(31)24(22)30)16-18-7-4-14-26-15-18/h1-15,23,30H,16H2. The van der Waals surface area contributed by atoms with Gasteiger partial charge in [0.25, 0.3) is 11.6 Å². The van der Waals surface area contributed by atoms with Crippen molar-refractivity contribution < 1.29 is 19.6 Å².